The first-order chi connectivity index (χ1) is 10.5. The molecule has 3 aromatic rings. The van der Waals surface area contributed by atoms with Gasteiger partial charge in [-0.25, -0.2) is 13.4 Å². The third kappa shape index (κ3) is 2.74. The Hall–Kier alpha value is -1.85. The highest BCUT2D eigenvalue weighted by Gasteiger charge is 2.21. The van der Waals surface area contributed by atoms with Gasteiger partial charge >= 0.3 is 0 Å². The number of para-hydroxylation sites is 2. The summed E-state index contributed by atoms with van der Waals surface area (Å²) in [5, 5.41) is 0.770. The van der Waals surface area contributed by atoms with Crippen molar-refractivity contribution < 1.29 is 8.42 Å². The molecule has 0 saturated carbocycles. The lowest BCUT2D eigenvalue weighted by Gasteiger charge is -2.09. The number of benzene rings is 2. The summed E-state index contributed by atoms with van der Waals surface area (Å²) in [4.78, 5) is 4.32. The fraction of sp³-hybridized carbons (Fsp3) is 0.188. The highest BCUT2D eigenvalue weighted by Crippen LogP contribution is 2.22. The lowest BCUT2D eigenvalue weighted by Crippen LogP contribution is -2.13. The number of imidazole rings is 1. The summed E-state index contributed by atoms with van der Waals surface area (Å²) in [6.07, 6.45) is 0. The van der Waals surface area contributed by atoms with E-state index >= 15 is 0 Å². The third-order valence-corrected chi connectivity index (χ3v) is 5.41. The summed E-state index contributed by atoms with van der Waals surface area (Å²) in [6, 6.07) is 14.8. The fourth-order valence-electron chi connectivity index (χ4n) is 2.35. The smallest absolute Gasteiger partial charge is 0.229 e. The SMILES string of the molecule is CCS(=O)(=O)c1nc2ccccc2n1Cc1ccc(Cl)cc1. The summed E-state index contributed by atoms with van der Waals surface area (Å²) in [5.41, 5.74) is 2.47. The Morgan fingerprint density at radius 2 is 1.77 bits per heavy atom. The zero-order valence-electron chi connectivity index (χ0n) is 12.0. The van der Waals surface area contributed by atoms with E-state index in [0.717, 1.165) is 11.1 Å². The van der Waals surface area contributed by atoms with Crippen molar-refractivity contribution in [3.8, 4) is 0 Å². The largest absolute Gasteiger partial charge is 0.310 e. The maximum Gasteiger partial charge on any atom is 0.229 e. The van der Waals surface area contributed by atoms with Crippen LogP contribution in [0.1, 0.15) is 12.5 Å². The summed E-state index contributed by atoms with van der Waals surface area (Å²) < 4.78 is 26.4. The molecule has 0 bridgehead atoms. The average Bonchev–Trinajstić information content (AvgIpc) is 2.89. The Kier molecular flexibility index (Phi) is 3.93. The van der Waals surface area contributed by atoms with Gasteiger partial charge in [-0.2, -0.15) is 0 Å². The molecule has 0 spiro atoms. The molecule has 0 aliphatic carbocycles. The van der Waals surface area contributed by atoms with Crippen molar-refractivity contribution in [2.75, 3.05) is 5.75 Å². The van der Waals surface area contributed by atoms with Gasteiger partial charge in [0.05, 0.1) is 23.3 Å². The van der Waals surface area contributed by atoms with Crippen LogP contribution < -0.4 is 0 Å². The minimum Gasteiger partial charge on any atom is -0.310 e. The molecule has 0 aliphatic rings. The second-order valence-corrected chi connectivity index (χ2v) is 7.61. The minimum atomic E-state index is -3.39. The molecule has 6 heteroatoms. The standard InChI is InChI=1S/C16H15ClN2O2S/c1-2-22(20,21)16-18-14-5-3-4-6-15(14)19(16)11-12-7-9-13(17)10-8-12/h3-10H,2,11H2,1H3. The van der Waals surface area contributed by atoms with Gasteiger partial charge in [0.1, 0.15) is 0 Å². The van der Waals surface area contributed by atoms with E-state index in [9.17, 15) is 8.42 Å². The van der Waals surface area contributed by atoms with E-state index in [2.05, 4.69) is 4.98 Å². The predicted molar refractivity (Wildman–Crippen MR) is 88.0 cm³/mol. The van der Waals surface area contributed by atoms with Gasteiger partial charge in [-0.05, 0) is 29.8 Å². The second kappa shape index (κ2) is 5.74. The molecule has 2 aromatic carbocycles. The molecule has 0 saturated heterocycles. The van der Waals surface area contributed by atoms with Crippen molar-refractivity contribution >= 4 is 32.5 Å². The number of nitrogens with zero attached hydrogens (tertiary/aromatic N) is 2. The molecule has 0 atom stereocenters. The monoisotopic (exact) mass is 334 g/mol. The first-order valence-corrected chi connectivity index (χ1v) is 8.97. The Morgan fingerprint density at radius 1 is 1.09 bits per heavy atom. The van der Waals surface area contributed by atoms with Gasteiger partial charge in [-0.1, -0.05) is 42.8 Å². The summed E-state index contributed by atoms with van der Waals surface area (Å²) in [7, 11) is -3.39. The molecule has 3 rings (SSSR count). The average molecular weight is 335 g/mol. The van der Waals surface area contributed by atoms with Crippen molar-refractivity contribution in [2.45, 2.75) is 18.6 Å². The van der Waals surface area contributed by atoms with Crippen molar-refractivity contribution in [3.05, 3.63) is 59.1 Å². The normalized spacial score (nSPS) is 11.9. The molecule has 0 radical (unpaired) electrons. The Balaban J connectivity index is 2.17. The number of rotatable bonds is 4. The van der Waals surface area contributed by atoms with Crippen LogP contribution in [0.15, 0.2) is 53.7 Å². The number of hydrogen-bond acceptors (Lipinski definition) is 3. The molecule has 0 aliphatic heterocycles. The summed E-state index contributed by atoms with van der Waals surface area (Å²) >= 11 is 5.90. The second-order valence-electron chi connectivity index (χ2n) is 5.00. The number of hydrogen-bond donors (Lipinski definition) is 0. The lowest BCUT2D eigenvalue weighted by atomic mass is 10.2. The van der Waals surface area contributed by atoms with Gasteiger partial charge in [0, 0.05) is 5.02 Å². The van der Waals surface area contributed by atoms with E-state index in [0.29, 0.717) is 17.1 Å². The topological polar surface area (TPSA) is 52.0 Å². The van der Waals surface area contributed by atoms with Gasteiger partial charge < -0.3 is 4.57 Å². The summed E-state index contributed by atoms with van der Waals surface area (Å²) in [5.74, 6) is 0.0247. The zero-order valence-corrected chi connectivity index (χ0v) is 13.6. The van der Waals surface area contributed by atoms with Crippen molar-refractivity contribution in [3.63, 3.8) is 0 Å². The molecular weight excluding hydrogens is 320 g/mol. The number of halogens is 1. The van der Waals surface area contributed by atoms with Gasteiger partial charge in [-0.15, -0.1) is 0 Å². The molecule has 4 nitrogen and oxygen atoms in total. The number of aromatic nitrogens is 2. The molecular formula is C16H15ClN2O2S. The first-order valence-electron chi connectivity index (χ1n) is 6.94. The fourth-order valence-corrected chi connectivity index (χ4v) is 3.47. The highest BCUT2D eigenvalue weighted by molar-refractivity contribution is 7.91. The van der Waals surface area contributed by atoms with Gasteiger partial charge in [-0.3, -0.25) is 0 Å². The van der Waals surface area contributed by atoms with E-state index in [-0.39, 0.29) is 10.9 Å². The summed E-state index contributed by atoms with van der Waals surface area (Å²) in [6.45, 7) is 2.06. The van der Waals surface area contributed by atoms with Crippen molar-refractivity contribution in [1.82, 2.24) is 9.55 Å². The molecule has 1 heterocycles. The van der Waals surface area contributed by atoms with Crippen molar-refractivity contribution in [2.24, 2.45) is 0 Å². The van der Waals surface area contributed by atoms with Crippen LogP contribution in [-0.2, 0) is 16.4 Å². The van der Waals surface area contributed by atoms with Crippen LogP contribution in [0.4, 0.5) is 0 Å². The number of fused-ring (bicyclic) bond motifs is 1. The van der Waals surface area contributed by atoms with Crippen LogP contribution in [0.25, 0.3) is 11.0 Å². The van der Waals surface area contributed by atoms with Crippen LogP contribution in [0.5, 0.6) is 0 Å². The van der Waals surface area contributed by atoms with Gasteiger partial charge in [0.25, 0.3) is 0 Å². The molecule has 0 fully saturated rings. The van der Waals surface area contributed by atoms with E-state index in [1.807, 2.05) is 36.4 Å². The maximum atomic E-state index is 12.3. The minimum absolute atomic E-state index is 0.0247. The highest BCUT2D eigenvalue weighted by atomic mass is 35.5. The van der Waals surface area contributed by atoms with Gasteiger partial charge in [0.15, 0.2) is 0 Å². The Morgan fingerprint density at radius 3 is 2.45 bits per heavy atom. The molecule has 0 amide bonds. The lowest BCUT2D eigenvalue weighted by molar-refractivity contribution is 0.576. The maximum absolute atomic E-state index is 12.3. The van der Waals surface area contributed by atoms with Crippen molar-refractivity contribution in [1.29, 1.82) is 0 Å². The molecule has 0 N–H and O–H groups in total. The molecule has 114 valence electrons. The van der Waals surface area contributed by atoms with Crippen LogP contribution in [0.3, 0.4) is 0 Å². The quantitative estimate of drug-likeness (QED) is 0.733. The van der Waals surface area contributed by atoms with E-state index in [1.54, 1.807) is 23.6 Å². The Bertz CT molecular complexity index is 915. The van der Waals surface area contributed by atoms with Gasteiger partial charge in [0.2, 0.25) is 15.0 Å². The first kappa shape index (κ1) is 15.1. The van der Waals surface area contributed by atoms with E-state index < -0.39 is 9.84 Å². The van der Waals surface area contributed by atoms with Crippen LogP contribution in [0.2, 0.25) is 5.02 Å². The third-order valence-electron chi connectivity index (χ3n) is 3.53. The molecule has 1 aromatic heterocycles. The van der Waals surface area contributed by atoms with Crippen LogP contribution in [0, 0.1) is 0 Å². The zero-order chi connectivity index (χ0) is 15.7. The predicted octanol–water partition coefficient (Wildman–Crippen LogP) is 3.53. The van der Waals surface area contributed by atoms with E-state index in [4.69, 9.17) is 11.6 Å². The number of sulfone groups is 1. The molecule has 0 unspecified atom stereocenters. The Labute approximate surface area is 134 Å². The van der Waals surface area contributed by atoms with E-state index in [1.165, 1.54) is 0 Å². The van der Waals surface area contributed by atoms with Crippen LogP contribution >= 0.6 is 11.6 Å². The molecule has 22 heavy (non-hydrogen) atoms. The van der Waals surface area contributed by atoms with Crippen LogP contribution in [-0.4, -0.2) is 23.7 Å².